The summed E-state index contributed by atoms with van der Waals surface area (Å²) in [4.78, 5) is 2.41. The maximum absolute atomic E-state index is 10.7. The van der Waals surface area contributed by atoms with Gasteiger partial charge < -0.3 is 10.0 Å². The third-order valence-electron chi connectivity index (χ3n) is 4.42. The van der Waals surface area contributed by atoms with E-state index in [9.17, 15) is 5.11 Å². The molecule has 0 radical (unpaired) electrons. The number of β-amino-alcohol motifs (C(OH)–C–C–N with tert-alkyl or cyclic N) is 1. The minimum Gasteiger partial charge on any atom is -0.388 e. The second-order valence-electron chi connectivity index (χ2n) is 7.96. The zero-order valence-corrected chi connectivity index (χ0v) is 14.2. The Morgan fingerprint density at radius 2 is 1.52 bits per heavy atom. The summed E-state index contributed by atoms with van der Waals surface area (Å²) in [5, 5.41) is 10.7. The van der Waals surface area contributed by atoms with Gasteiger partial charge in [0.05, 0.1) is 5.60 Å². The van der Waals surface area contributed by atoms with Gasteiger partial charge in [-0.05, 0) is 49.4 Å². The van der Waals surface area contributed by atoms with E-state index in [1.807, 2.05) is 6.92 Å². The van der Waals surface area contributed by atoms with Crippen LogP contribution >= 0.6 is 0 Å². The predicted molar refractivity (Wildman–Crippen MR) is 89.8 cm³/mol. The van der Waals surface area contributed by atoms with Gasteiger partial charge in [0.25, 0.3) is 0 Å². The summed E-state index contributed by atoms with van der Waals surface area (Å²) in [7, 11) is 0. The number of rotatable bonds is 4. The quantitative estimate of drug-likeness (QED) is 0.912. The highest BCUT2D eigenvalue weighted by Crippen LogP contribution is 2.24. The number of aliphatic hydroxyl groups is 1. The summed E-state index contributed by atoms with van der Waals surface area (Å²) in [5.74, 6) is 0. The van der Waals surface area contributed by atoms with Crippen molar-refractivity contribution in [1.29, 1.82) is 0 Å². The van der Waals surface area contributed by atoms with Gasteiger partial charge in [0.2, 0.25) is 0 Å². The van der Waals surface area contributed by atoms with Crippen molar-refractivity contribution in [3.05, 3.63) is 35.4 Å². The lowest BCUT2D eigenvalue weighted by Gasteiger charge is -2.34. The molecule has 1 fully saturated rings. The van der Waals surface area contributed by atoms with Crippen LogP contribution in [0.5, 0.6) is 0 Å². The molecule has 1 N–H and O–H groups in total. The van der Waals surface area contributed by atoms with Gasteiger partial charge in [0.15, 0.2) is 0 Å². The van der Waals surface area contributed by atoms with Gasteiger partial charge in [0.1, 0.15) is 0 Å². The minimum absolute atomic E-state index is 0.189. The maximum Gasteiger partial charge on any atom is 0.0786 e. The van der Waals surface area contributed by atoms with Crippen LogP contribution in [0.2, 0.25) is 0 Å². The summed E-state index contributed by atoms with van der Waals surface area (Å²) in [6, 6.07) is 8.75. The monoisotopic (exact) mass is 289 g/mol. The Balaban J connectivity index is 1.95. The Bertz CT molecular complexity index is 436. The minimum atomic E-state index is -0.638. The zero-order valence-electron chi connectivity index (χ0n) is 14.2. The molecule has 0 spiro atoms. The maximum atomic E-state index is 10.7. The summed E-state index contributed by atoms with van der Waals surface area (Å²) >= 11 is 0. The Hall–Kier alpha value is -0.860. The van der Waals surface area contributed by atoms with E-state index in [-0.39, 0.29) is 5.41 Å². The number of hydrogen-bond acceptors (Lipinski definition) is 2. The number of hydrogen-bond donors (Lipinski definition) is 1. The normalized spacial score (nSPS) is 20.2. The summed E-state index contributed by atoms with van der Waals surface area (Å²) in [6.45, 7) is 11.7. The number of benzene rings is 1. The second kappa shape index (κ2) is 6.50. The van der Waals surface area contributed by atoms with Crippen LogP contribution in [0.25, 0.3) is 0 Å². The van der Waals surface area contributed by atoms with Gasteiger partial charge in [-0.15, -0.1) is 0 Å². The van der Waals surface area contributed by atoms with E-state index in [0.29, 0.717) is 0 Å². The van der Waals surface area contributed by atoms with E-state index in [2.05, 4.69) is 49.9 Å². The van der Waals surface area contributed by atoms with Crippen LogP contribution in [-0.2, 0) is 11.8 Å². The lowest BCUT2D eigenvalue weighted by Crippen LogP contribution is -2.44. The van der Waals surface area contributed by atoms with E-state index in [4.69, 9.17) is 0 Å². The van der Waals surface area contributed by atoms with Crippen LogP contribution < -0.4 is 0 Å². The van der Waals surface area contributed by atoms with Crippen LogP contribution in [0.4, 0.5) is 0 Å². The first kappa shape index (κ1) is 16.5. The molecule has 2 rings (SSSR count). The molecule has 0 bridgehead atoms. The molecule has 1 aliphatic rings. The molecule has 118 valence electrons. The number of likely N-dealkylation sites (tertiary alicyclic amines) is 1. The smallest absolute Gasteiger partial charge is 0.0786 e. The SMILES string of the molecule is CC(O)(Cc1ccc(C(C)(C)C)cc1)CN1CCCCC1. The number of piperidine rings is 1. The van der Waals surface area contributed by atoms with E-state index in [1.165, 1.54) is 30.4 Å². The molecule has 1 saturated heterocycles. The Kier molecular flexibility index (Phi) is 5.11. The first-order chi connectivity index (χ1) is 9.76. The molecule has 1 aromatic carbocycles. The van der Waals surface area contributed by atoms with E-state index >= 15 is 0 Å². The average Bonchev–Trinajstić information content (AvgIpc) is 2.38. The van der Waals surface area contributed by atoms with Crippen LogP contribution in [0.3, 0.4) is 0 Å². The molecule has 0 aliphatic carbocycles. The van der Waals surface area contributed by atoms with Crippen molar-refractivity contribution < 1.29 is 5.11 Å². The zero-order chi connectivity index (χ0) is 15.5. The van der Waals surface area contributed by atoms with Crippen molar-refractivity contribution in [1.82, 2.24) is 4.90 Å². The van der Waals surface area contributed by atoms with Crippen molar-refractivity contribution in [2.75, 3.05) is 19.6 Å². The Morgan fingerprint density at radius 1 is 0.952 bits per heavy atom. The van der Waals surface area contributed by atoms with Crippen molar-refractivity contribution in [3.8, 4) is 0 Å². The highest BCUT2D eigenvalue weighted by atomic mass is 16.3. The second-order valence-corrected chi connectivity index (χ2v) is 7.96. The van der Waals surface area contributed by atoms with Gasteiger partial charge >= 0.3 is 0 Å². The molecule has 21 heavy (non-hydrogen) atoms. The molecule has 0 aromatic heterocycles. The first-order valence-corrected chi connectivity index (χ1v) is 8.30. The largest absolute Gasteiger partial charge is 0.388 e. The predicted octanol–water partition coefficient (Wildman–Crippen LogP) is 3.76. The van der Waals surface area contributed by atoms with Gasteiger partial charge in [-0.25, -0.2) is 0 Å². The molecule has 1 heterocycles. The van der Waals surface area contributed by atoms with Gasteiger partial charge in [-0.1, -0.05) is 51.5 Å². The average molecular weight is 289 g/mol. The third-order valence-corrected chi connectivity index (χ3v) is 4.42. The Labute approximate surface area is 130 Å². The molecule has 1 aromatic rings. The molecular formula is C19H31NO. The molecule has 0 amide bonds. The number of nitrogens with zero attached hydrogens (tertiary/aromatic N) is 1. The Morgan fingerprint density at radius 3 is 2.05 bits per heavy atom. The fourth-order valence-corrected chi connectivity index (χ4v) is 3.22. The highest BCUT2D eigenvalue weighted by molar-refractivity contribution is 5.28. The van der Waals surface area contributed by atoms with Crippen LogP contribution in [0, 0.1) is 0 Å². The van der Waals surface area contributed by atoms with Crippen molar-refractivity contribution in [2.45, 2.75) is 64.4 Å². The summed E-state index contributed by atoms with van der Waals surface area (Å²) in [5.41, 5.74) is 2.13. The van der Waals surface area contributed by atoms with Gasteiger partial charge in [0, 0.05) is 13.0 Å². The molecule has 1 aliphatic heterocycles. The fraction of sp³-hybridized carbons (Fsp3) is 0.684. The molecule has 0 saturated carbocycles. The van der Waals surface area contributed by atoms with E-state index < -0.39 is 5.60 Å². The molecule has 1 unspecified atom stereocenters. The van der Waals surface area contributed by atoms with Crippen LogP contribution in [0.15, 0.2) is 24.3 Å². The van der Waals surface area contributed by atoms with Crippen molar-refractivity contribution in [3.63, 3.8) is 0 Å². The third kappa shape index (κ3) is 5.12. The first-order valence-electron chi connectivity index (χ1n) is 8.30. The fourth-order valence-electron chi connectivity index (χ4n) is 3.22. The molecule has 1 atom stereocenters. The van der Waals surface area contributed by atoms with Gasteiger partial charge in [-0.2, -0.15) is 0 Å². The molecule has 2 heteroatoms. The topological polar surface area (TPSA) is 23.5 Å². The summed E-state index contributed by atoms with van der Waals surface area (Å²) < 4.78 is 0. The lowest BCUT2D eigenvalue weighted by molar-refractivity contribution is 0.0146. The van der Waals surface area contributed by atoms with Gasteiger partial charge in [-0.3, -0.25) is 0 Å². The van der Waals surface area contributed by atoms with Crippen LogP contribution in [-0.4, -0.2) is 35.2 Å². The van der Waals surface area contributed by atoms with Crippen LogP contribution in [0.1, 0.15) is 58.1 Å². The molecule has 2 nitrogen and oxygen atoms in total. The van der Waals surface area contributed by atoms with E-state index in [1.54, 1.807) is 0 Å². The lowest BCUT2D eigenvalue weighted by atomic mass is 9.85. The highest BCUT2D eigenvalue weighted by Gasteiger charge is 2.25. The summed E-state index contributed by atoms with van der Waals surface area (Å²) in [6.07, 6.45) is 4.62. The van der Waals surface area contributed by atoms with Crippen molar-refractivity contribution >= 4 is 0 Å². The van der Waals surface area contributed by atoms with Crippen molar-refractivity contribution in [2.24, 2.45) is 0 Å². The molecular weight excluding hydrogens is 258 g/mol. The standard InChI is InChI=1S/C19H31NO/c1-18(2,3)17-10-8-16(9-11-17)14-19(4,21)15-20-12-6-5-7-13-20/h8-11,21H,5-7,12-15H2,1-4H3. The van der Waals surface area contributed by atoms with E-state index in [0.717, 1.165) is 26.1 Å².